The maximum atomic E-state index is 12.0. The van der Waals surface area contributed by atoms with Gasteiger partial charge < -0.3 is 14.2 Å². The molecule has 1 aliphatic rings. The van der Waals surface area contributed by atoms with Gasteiger partial charge >= 0.3 is 5.97 Å². The fourth-order valence-electron chi connectivity index (χ4n) is 2.55. The number of ether oxygens (including phenoxy) is 3. The largest absolute Gasteiger partial charge is 0.467 e. The predicted octanol–water partition coefficient (Wildman–Crippen LogP) is 3.61. The maximum Gasteiger partial charge on any atom is 0.316 e. The number of hydrogen-bond donors (Lipinski definition) is 0. The van der Waals surface area contributed by atoms with Crippen LogP contribution >= 0.6 is 11.8 Å². The normalized spacial score (nSPS) is 12.8. The molecule has 3 rings (SSSR count). The van der Waals surface area contributed by atoms with Gasteiger partial charge in [-0.2, -0.15) is 0 Å². The summed E-state index contributed by atoms with van der Waals surface area (Å²) >= 11 is 1.39. The van der Waals surface area contributed by atoms with E-state index in [1.165, 1.54) is 23.9 Å². The molecule has 0 fully saturated rings. The molecular formula is C18H17NO6S. The van der Waals surface area contributed by atoms with Crippen LogP contribution in [0.2, 0.25) is 0 Å². The minimum Gasteiger partial charge on any atom is -0.467 e. The molecule has 0 saturated carbocycles. The molecule has 1 heterocycles. The molecule has 0 aliphatic carbocycles. The Balaban J connectivity index is 1.65. The first-order valence-electron chi connectivity index (χ1n) is 7.89. The summed E-state index contributed by atoms with van der Waals surface area (Å²) in [7, 11) is 0. The third-order valence-corrected chi connectivity index (χ3v) is 4.96. The molecule has 0 unspecified atom stereocenters. The van der Waals surface area contributed by atoms with E-state index >= 15 is 0 Å². The van der Waals surface area contributed by atoms with Crippen LogP contribution in [0.5, 0.6) is 5.75 Å². The standard InChI is InChI=1S/C18H17NO6S/c1-12-4-2-3-5-16(12)26-10-17(20)24-9-14-7-15(19(21)22)6-13-8-23-11-25-18(13)14/h2-7H,8-11H2,1H3. The number of carbonyl (C=O) groups excluding carboxylic acids is 1. The van der Waals surface area contributed by atoms with E-state index in [1.54, 1.807) is 0 Å². The van der Waals surface area contributed by atoms with Gasteiger partial charge in [-0.25, -0.2) is 0 Å². The lowest BCUT2D eigenvalue weighted by molar-refractivity contribution is -0.385. The Hall–Kier alpha value is -2.58. The maximum absolute atomic E-state index is 12.0. The predicted molar refractivity (Wildman–Crippen MR) is 95.1 cm³/mol. The minimum atomic E-state index is -0.492. The first-order valence-corrected chi connectivity index (χ1v) is 8.88. The van der Waals surface area contributed by atoms with Crippen LogP contribution in [-0.2, 0) is 27.5 Å². The molecule has 8 heteroatoms. The molecule has 1 aliphatic heterocycles. The summed E-state index contributed by atoms with van der Waals surface area (Å²) in [6.45, 7) is 2.18. The van der Waals surface area contributed by atoms with Gasteiger partial charge in [0.25, 0.3) is 5.69 Å². The lowest BCUT2D eigenvalue weighted by Crippen LogP contribution is -2.15. The lowest BCUT2D eigenvalue weighted by Gasteiger charge is -2.20. The molecule has 0 saturated heterocycles. The molecule has 0 spiro atoms. The number of nitrogens with zero attached hydrogens (tertiary/aromatic N) is 1. The van der Waals surface area contributed by atoms with Gasteiger partial charge in [-0.15, -0.1) is 11.8 Å². The van der Waals surface area contributed by atoms with Crippen molar-refractivity contribution in [1.82, 2.24) is 0 Å². The topological polar surface area (TPSA) is 87.9 Å². The highest BCUT2D eigenvalue weighted by molar-refractivity contribution is 8.00. The number of aryl methyl sites for hydroxylation is 1. The Kier molecular flexibility index (Phi) is 5.75. The van der Waals surface area contributed by atoms with Crippen molar-refractivity contribution < 1.29 is 23.9 Å². The van der Waals surface area contributed by atoms with Crippen molar-refractivity contribution in [2.45, 2.75) is 25.0 Å². The van der Waals surface area contributed by atoms with Gasteiger partial charge in [0.05, 0.1) is 17.3 Å². The Labute approximate surface area is 154 Å². The van der Waals surface area contributed by atoms with Crippen LogP contribution < -0.4 is 4.74 Å². The SMILES string of the molecule is Cc1ccccc1SCC(=O)OCc1cc([N+](=O)[O-])cc2c1OCOC2. The van der Waals surface area contributed by atoms with Crippen molar-refractivity contribution >= 4 is 23.4 Å². The van der Waals surface area contributed by atoms with Crippen LogP contribution in [0.1, 0.15) is 16.7 Å². The van der Waals surface area contributed by atoms with Crippen molar-refractivity contribution in [3.63, 3.8) is 0 Å². The van der Waals surface area contributed by atoms with E-state index < -0.39 is 10.9 Å². The second-order valence-corrected chi connectivity index (χ2v) is 6.69. The summed E-state index contributed by atoms with van der Waals surface area (Å²) in [5.41, 5.74) is 2.04. The fraction of sp³-hybridized carbons (Fsp3) is 0.278. The van der Waals surface area contributed by atoms with Crippen molar-refractivity contribution in [3.8, 4) is 5.75 Å². The third-order valence-electron chi connectivity index (χ3n) is 3.81. The van der Waals surface area contributed by atoms with Gasteiger partial charge in [0.2, 0.25) is 0 Å². The van der Waals surface area contributed by atoms with Crippen LogP contribution in [-0.4, -0.2) is 23.4 Å². The molecule has 0 atom stereocenters. The zero-order chi connectivity index (χ0) is 18.5. The summed E-state index contributed by atoms with van der Waals surface area (Å²) in [6.07, 6.45) is 0. The van der Waals surface area contributed by atoms with Crippen LogP contribution in [0.25, 0.3) is 0 Å². The summed E-state index contributed by atoms with van der Waals surface area (Å²) in [6, 6.07) is 10.5. The number of thioether (sulfide) groups is 1. The zero-order valence-electron chi connectivity index (χ0n) is 14.1. The fourth-order valence-corrected chi connectivity index (χ4v) is 3.38. The van der Waals surface area contributed by atoms with Gasteiger partial charge in [-0.3, -0.25) is 14.9 Å². The highest BCUT2D eigenvalue weighted by Gasteiger charge is 2.21. The first kappa shape index (κ1) is 18.2. The molecule has 0 N–H and O–H groups in total. The molecule has 26 heavy (non-hydrogen) atoms. The van der Waals surface area contributed by atoms with E-state index in [0.717, 1.165) is 10.5 Å². The minimum absolute atomic E-state index is 0.0644. The van der Waals surface area contributed by atoms with Crippen LogP contribution in [0, 0.1) is 17.0 Å². The van der Waals surface area contributed by atoms with Crippen LogP contribution in [0.3, 0.4) is 0 Å². The Morgan fingerprint density at radius 1 is 1.35 bits per heavy atom. The number of benzene rings is 2. The van der Waals surface area contributed by atoms with Crippen molar-refractivity contribution in [2.24, 2.45) is 0 Å². The molecule has 2 aromatic carbocycles. The summed E-state index contributed by atoms with van der Waals surface area (Å²) < 4.78 is 15.9. The van der Waals surface area contributed by atoms with E-state index in [0.29, 0.717) is 16.9 Å². The van der Waals surface area contributed by atoms with Crippen LogP contribution in [0.15, 0.2) is 41.3 Å². The number of fused-ring (bicyclic) bond motifs is 1. The third kappa shape index (κ3) is 4.33. The van der Waals surface area contributed by atoms with Crippen LogP contribution in [0.4, 0.5) is 5.69 Å². The summed E-state index contributed by atoms with van der Waals surface area (Å²) in [5, 5.41) is 11.1. The number of nitro benzene ring substituents is 1. The monoisotopic (exact) mass is 375 g/mol. The second kappa shape index (κ2) is 8.20. The number of non-ortho nitro benzene ring substituents is 1. The number of hydrogen-bond acceptors (Lipinski definition) is 7. The second-order valence-electron chi connectivity index (χ2n) is 5.68. The van der Waals surface area contributed by atoms with E-state index in [-0.39, 0.29) is 31.4 Å². The number of rotatable bonds is 6. The van der Waals surface area contributed by atoms with Gasteiger partial charge in [-0.1, -0.05) is 18.2 Å². The lowest BCUT2D eigenvalue weighted by atomic mass is 10.1. The molecule has 2 aromatic rings. The van der Waals surface area contributed by atoms with E-state index in [2.05, 4.69) is 0 Å². The molecule has 136 valence electrons. The molecule has 0 amide bonds. The smallest absolute Gasteiger partial charge is 0.316 e. The number of carbonyl (C=O) groups is 1. The van der Waals surface area contributed by atoms with E-state index in [4.69, 9.17) is 14.2 Å². The van der Waals surface area contributed by atoms with Crippen molar-refractivity contribution in [1.29, 1.82) is 0 Å². The highest BCUT2D eigenvalue weighted by atomic mass is 32.2. The molecule has 7 nitrogen and oxygen atoms in total. The van der Waals surface area contributed by atoms with Crippen molar-refractivity contribution in [2.75, 3.05) is 12.5 Å². The van der Waals surface area contributed by atoms with Gasteiger partial charge in [-0.05, 0) is 18.6 Å². The molecule has 0 bridgehead atoms. The van der Waals surface area contributed by atoms with Gasteiger partial charge in [0.15, 0.2) is 6.79 Å². The quantitative estimate of drug-likeness (QED) is 0.330. The Morgan fingerprint density at radius 2 is 2.15 bits per heavy atom. The Bertz CT molecular complexity index is 838. The first-order chi connectivity index (χ1) is 12.5. The van der Waals surface area contributed by atoms with Gasteiger partial charge in [0, 0.05) is 28.2 Å². The number of esters is 1. The average Bonchev–Trinajstić information content (AvgIpc) is 2.65. The molecular weight excluding hydrogens is 358 g/mol. The highest BCUT2D eigenvalue weighted by Crippen LogP contribution is 2.33. The average molecular weight is 375 g/mol. The summed E-state index contributed by atoms with van der Waals surface area (Å²) in [5.74, 6) is 0.248. The molecule has 0 radical (unpaired) electrons. The van der Waals surface area contributed by atoms with Gasteiger partial charge in [0.1, 0.15) is 12.4 Å². The zero-order valence-corrected chi connectivity index (χ0v) is 14.9. The van der Waals surface area contributed by atoms with Crippen molar-refractivity contribution in [3.05, 3.63) is 63.2 Å². The number of nitro groups is 1. The Morgan fingerprint density at radius 3 is 2.92 bits per heavy atom. The molecule has 0 aromatic heterocycles. The van der Waals surface area contributed by atoms with E-state index in [9.17, 15) is 14.9 Å². The summed E-state index contributed by atoms with van der Waals surface area (Å²) in [4.78, 5) is 23.6. The van der Waals surface area contributed by atoms with E-state index in [1.807, 2.05) is 31.2 Å².